The third-order valence-electron chi connectivity index (χ3n) is 4.47. The Balaban J connectivity index is 2.11. The van der Waals surface area contributed by atoms with Crippen molar-refractivity contribution in [2.75, 3.05) is 19.7 Å². The molecule has 3 heteroatoms. The lowest BCUT2D eigenvalue weighted by molar-refractivity contribution is 0.126. The number of hydrogen-bond donors (Lipinski definition) is 1. The highest BCUT2D eigenvalue weighted by molar-refractivity contribution is 5.38. The average Bonchev–Trinajstić information content (AvgIpc) is 2.43. The van der Waals surface area contributed by atoms with Crippen molar-refractivity contribution in [3.05, 3.63) is 29.3 Å². The SMILES string of the molecule is CCOc1ccc(C(C)O)cc1CN1CCC(C)(C)CC1. The molecule has 2 rings (SSSR count). The minimum absolute atomic E-state index is 0.431. The van der Waals surface area contributed by atoms with Crippen LogP contribution in [0.1, 0.15) is 57.8 Å². The van der Waals surface area contributed by atoms with Crippen LogP contribution in [0.2, 0.25) is 0 Å². The quantitative estimate of drug-likeness (QED) is 0.896. The van der Waals surface area contributed by atoms with Crippen molar-refractivity contribution in [3.63, 3.8) is 0 Å². The van der Waals surface area contributed by atoms with Crippen LogP contribution in [-0.2, 0) is 6.54 Å². The van der Waals surface area contributed by atoms with Gasteiger partial charge in [0.15, 0.2) is 0 Å². The van der Waals surface area contributed by atoms with Crippen molar-refractivity contribution < 1.29 is 9.84 Å². The van der Waals surface area contributed by atoms with Gasteiger partial charge in [0.05, 0.1) is 12.7 Å². The second-order valence-corrected chi connectivity index (χ2v) is 6.92. The summed E-state index contributed by atoms with van der Waals surface area (Å²) < 4.78 is 5.75. The predicted molar refractivity (Wildman–Crippen MR) is 86.5 cm³/mol. The van der Waals surface area contributed by atoms with Crippen LogP contribution in [-0.4, -0.2) is 29.7 Å². The Morgan fingerprint density at radius 3 is 2.52 bits per heavy atom. The smallest absolute Gasteiger partial charge is 0.123 e. The van der Waals surface area contributed by atoms with Crippen LogP contribution in [0.3, 0.4) is 0 Å². The largest absolute Gasteiger partial charge is 0.494 e. The van der Waals surface area contributed by atoms with E-state index in [1.165, 1.54) is 18.4 Å². The molecule has 1 aliphatic heterocycles. The van der Waals surface area contributed by atoms with Crippen LogP contribution >= 0.6 is 0 Å². The van der Waals surface area contributed by atoms with Gasteiger partial charge in [-0.1, -0.05) is 19.9 Å². The van der Waals surface area contributed by atoms with E-state index >= 15 is 0 Å². The molecule has 1 aromatic rings. The topological polar surface area (TPSA) is 32.7 Å². The number of hydrogen-bond acceptors (Lipinski definition) is 3. The van der Waals surface area contributed by atoms with Crippen molar-refractivity contribution in [1.29, 1.82) is 0 Å². The Morgan fingerprint density at radius 2 is 1.95 bits per heavy atom. The number of aliphatic hydroxyl groups excluding tert-OH is 1. The number of piperidine rings is 1. The van der Waals surface area contributed by atoms with E-state index in [0.717, 1.165) is 30.9 Å². The molecule has 0 aromatic heterocycles. The lowest BCUT2D eigenvalue weighted by Crippen LogP contribution is -2.36. The standard InChI is InChI=1S/C18H29NO2/c1-5-21-17-7-6-15(14(2)20)12-16(17)13-19-10-8-18(3,4)9-11-19/h6-7,12,14,20H,5,8-11,13H2,1-4H3. The average molecular weight is 291 g/mol. The van der Waals surface area contributed by atoms with E-state index in [4.69, 9.17) is 4.74 Å². The van der Waals surface area contributed by atoms with Crippen LogP contribution in [0, 0.1) is 5.41 Å². The van der Waals surface area contributed by atoms with E-state index in [1.54, 1.807) is 0 Å². The highest BCUT2D eigenvalue weighted by Crippen LogP contribution is 2.32. The molecule has 21 heavy (non-hydrogen) atoms. The number of ether oxygens (including phenoxy) is 1. The van der Waals surface area contributed by atoms with Crippen molar-refractivity contribution in [1.82, 2.24) is 4.90 Å². The first-order valence-electron chi connectivity index (χ1n) is 8.07. The van der Waals surface area contributed by atoms with Crippen LogP contribution < -0.4 is 4.74 Å². The summed E-state index contributed by atoms with van der Waals surface area (Å²) in [6, 6.07) is 6.04. The van der Waals surface area contributed by atoms with Gasteiger partial charge in [-0.05, 0) is 62.9 Å². The molecule has 1 heterocycles. The minimum Gasteiger partial charge on any atom is -0.494 e. The van der Waals surface area contributed by atoms with Crippen molar-refractivity contribution >= 4 is 0 Å². The van der Waals surface area contributed by atoms with E-state index in [-0.39, 0.29) is 0 Å². The molecular weight excluding hydrogens is 262 g/mol. The summed E-state index contributed by atoms with van der Waals surface area (Å²) in [7, 11) is 0. The Labute approximate surface area is 128 Å². The summed E-state index contributed by atoms with van der Waals surface area (Å²) in [5.74, 6) is 0.951. The molecule has 0 aliphatic carbocycles. The molecule has 1 atom stereocenters. The molecule has 0 amide bonds. The molecule has 1 unspecified atom stereocenters. The lowest BCUT2D eigenvalue weighted by atomic mass is 9.82. The van der Waals surface area contributed by atoms with Crippen molar-refractivity contribution in [2.45, 2.75) is 53.2 Å². The first kappa shape index (κ1) is 16.3. The monoisotopic (exact) mass is 291 g/mol. The van der Waals surface area contributed by atoms with Crippen molar-refractivity contribution in [3.8, 4) is 5.75 Å². The Morgan fingerprint density at radius 1 is 1.29 bits per heavy atom. The molecule has 1 fully saturated rings. The summed E-state index contributed by atoms with van der Waals surface area (Å²) in [4.78, 5) is 2.49. The van der Waals surface area contributed by atoms with Gasteiger partial charge in [0.25, 0.3) is 0 Å². The van der Waals surface area contributed by atoms with Crippen LogP contribution in [0.5, 0.6) is 5.75 Å². The van der Waals surface area contributed by atoms with E-state index in [0.29, 0.717) is 12.0 Å². The maximum Gasteiger partial charge on any atom is 0.123 e. The normalized spacial score (nSPS) is 20.2. The molecule has 1 aliphatic rings. The molecule has 0 saturated carbocycles. The van der Waals surface area contributed by atoms with Gasteiger partial charge in [-0.25, -0.2) is 0 Å². The highest BCUT2D eigenvalue weighted by Gasteiger charge is 2.25. The zero-order valence-electron chi connectivity index (χ0n) is 13.9. The zero-order valence-corrected chi connectivity index (χ0v) is 13.9. The summed E-state index contributed by atoms with van der Waals surface area (Å²) >= 11 is 0. The summed E-state index contributed by atoms with van der Waals surface area (Å²) in [5.41, 5.74) is 2.63. The number of benzene rings is 1. The van der Waals surface area contributed by atoms with Crippen LogP contribution in [0.4, 0.5) is 0 Å². The number of nitrogens with zero attached hydrogens (tertiary/aromatic N) is 1. The van der Waals surface area contributed by atoms with Gasteiger partial charge in [0, 0.05) is 12.1 Å². The second-order valence-electron chi connectivity index (χ2n) is 6.92. The van der Waals surface area contributed by atoms with E-state index < -0.39 is 6.10 Å². The first-order valence-corrected chi connectivity index (χ1v) is 8.07. The second kappa shape index (κ2) is 6.80. The van der Waals surface area contributed by atoms with Crippen molar-refractivity contribution in [2.24, 2.45) is 5.41 Å². The molecular formula is C18H29NO2. The Kier molecular flexibility index (Phi) is 5.28. The van der Waals surface area contributed by atoms with E-state index in [9.17, 15) is 5.11 Å². The van der Waals surface area contributed by atoms with Gasteiger partial charge >= 0.3 is 0 Å². The first-order chi connectivity index (χ1) is 9.91. The molecule has 0 spiro atoms. The van der Waals surface area contributed by atoms with Gasteiger partial charge in [-0.2, -0.15) is 0 Å². The van der Waals surface area contributed by atoms with E-state index in [2.05, 4.69) is 24.8 Å². The zero-order chi connectivity index (χ0) is 15.5. The lowest BCUT2D eigenvalue weighted by Gasteiger charge is -2.37. The fraction of sp³-hybridized carbons (Fsp3) is 0.667. The number of likely N-dealkylation sites (tertiary alicyclic amines) is 1. The Bertz CT molecular complexity index is 458. The molecule has 1 N–H and O–H groups in total. The molecule has 118 valence electrons. The summed E-state index contributed by atoms with van der Waals surface area (Å²) in [6.45, 7) is 12.4. The molecule has 0 bridgehead atoms. The molecule has 1 saturated heterocycles. The summed E-state index contributed by atoms with van der Waals surface area (Å²) in [5, 5.41) is 9.79. The highest BCUT2D eigenvalue weighted by atomic mass is 16.5. The summed E-state index contributed by atoms with van der Waals surface area (Å²) in [6.07, 6.45) is 2.06. The van der Waals surface area contributed by atoms with Gasteiger partial charge in [-0.3, -0.25) is 4.90 Å². The van der Waals surface area contributed by atoms with Crippen LogP contribution in [0.25, 0.3) is 0 Å². The third kappa shape index (κ3) is 4.45. The molecule has 1 aromatic carbocycles. The number of aliphatic hydroxyl groups is 1. The maximum absolute atomic E-state index is 9.79. The maximum atomic E-state index is 9.79. The molecule has 3 nitrogen and oxygen atoms in total. The van der Waals surface area contributed by atoms with Crippen LogP contribution in [0.15, 0.2) is 18.2 Å². The molecule has 0 radical (unpaired) electrons. The number of rotatable bonds is 5. The third-order valence-corrected chi connectivity index (χ3v) is 4.47. The predicted octanol–water partition coefficient (Wildman–Crippen LogP) is 3.76. The fourth-order valence-corrected chi connectivity index (χ4v) is 2.84. The fourth-order valence-electron chi connectivity index (χ4n) is 2.84. The minimum atomic E-state index is -0.431. The van der Waals surface area contributed by atoms with Gasteiger partial charge < -0.3 is 9.84 Å². The van der Waals surface area contributed by atoms with Gasteiger partial charge in [0.2, 0.25) is 0 Å². The van der Waals surface area contributed by atoms with E-state index in [1.807, 2.05) is 26.0 Å². The van der Waals surface area contributed by atoms with Gasteiger partial charge in [-0.15, -0.1) is 0 Å². The Hall–Kier alpha value is -1.06. The van der Waals surface area contributed by atoms with Gasteiger partial charge in [0.1, 0.15) is 5.75 Å².